The third kappa shape index (κ3) is 3.23. The summed E-state index contributed by atoms with van der Waals surface area (Å²) in [5, 5.41) is 0. The Hall–Kier alpha value is -0.760. The van der Waals surface area contributed by atoms with E-state index >= 15 is 0 Å². The van der Waals surface area contributed by atoms with Crippen molar-refractivity contribution in [1.82, 2.24) is 0 Å². The van der Waals surface area contributed by atoms with Gasteiger partial charge >= 0.3 is 0 Å². The van der Waals surface area contributed by atoms with Crippen LogP contribution in [0.3, 0.4) is 0 Å². The van der Waals surface area contributed by atoms with E-state index in [9.17, 15) is 4.39 Å². The highest BCUT2D eigenvalue weighted by Gasteiger charge is 1.99. The smallest absolute Gasteiger partial charge is 0.123 e. The minimum atomic E-state index is -0.234. The van der Waals surface area contributed by atoms with Crippen LogP contribution in [0.1, 0.15) is 12.0 Å². The molecule has 0 radical (unpaired) electrons. The Morgan fingerprint density at radius 2 is 2.23 bits per heavy atom. The van der Waals surface area contributed by atoms with Crippen molar-refractivity contribution in [3.8, 4) is 5.75 Å². The van der Waals surface area contributed by atoms with Crippen molar-refractivity contribution in [2.45, 2.75) is 13.3 Å². The maximum Gasteiger partial charge on any atom is 0.123 e. The molecule has 1 aromatic carbocycles. The summed E-state index contributed by atoms with van der Waals surface area (Å²) in [6, 6.07) is 4.48. The lowest BCUT2D eigenvalue weighted by atomic mass is 10.2. The summed E-state index contributed by atoms with van der Waals surface area (Å²) in [6.07, 6.45) is 0.804. The van der Waals surface area contributed by atoms with Crippen LogP contribution in [-0.2, 0) is 0 Å². The minimum Gasteiger partial charge on any atom is -0.493 e. The lowest BCUT2D eigenvalue weighted by Gasteiger charge is -2.07. The van der Waals surface area contributed by atoms with E-state index in [4.69, 9.17) is 16.3 Å². The second kappa shape index (κ2) is 5.07. The van der Waals surface area contributed by atoms with Crippen LogP contribution in [0, 0.1) is 12.7 Å². The topological polar surface area (TPSA) is 9.23 Å². The first kappa shape index (κ1) is 10.3. The van der Waals surface area contributed by atoms with E-state index in [1.165, 1.54) is 12.1 Å². The van der Waals surface area contributed by atoms with Crippen molar-refractivity contribution in [3.63, 3.8) is 0 Å². The quantitative estimate of drug-likeness (QED) is 0.539. The molecule has 0 aliphatic heterocycles. The van der Waals surface area contributed by atoms with Gasteiger partial charge in [-0.3, -0.25) is 0 Å². The Labute approximate surface area is 82.5 Å². The maximum atomic E-state index is 12.7. The zero-order valence-corrected chi connectivity index (χ0v) is 8.27. The van der Waals surface area contributed by atoms with E-state index in [0.29, 0.717) is 12.5 Å². The van der Waals surface area contributed by atoms with Crippen LogP contribution in [-0.4, -0.2) is 12.5 Å². The van der Waals surface area contributed by atoms with E-state index in [0.717, 1.165) is 17.7 Å². The van der Waals surface area contributed by atoms with E-state index < -0.39 is 0 Å². The summed E-state index contributed by atoms with van der Waals surface area (Å²) >= 11 is 5.49. The molecule has 0 amide bonds. The molecule has 3 heteroatoms. The minimum absolute atomic E-state index is 0.234. The Morgan fingerprint density at radius 3 is 2.85 bits per heavy atom. The molecule has 0 aliphatic rings. The van der Waals surface area contributed by atoms with Gasteiger partial charge in [0.2, 0.25) is 0 Å². The average molecular weight is 203 g/mol. The summed E-state index contributed by atoms with van der Waals surface area (Å²) in [5.74, 6) is 1.08. The number of ether oxygens (including phenoxy) is 1. The van der Waals surface area contributed by atoms with Gasteiger partial charge in [-0.2, -0.15) is 0 Å². The number of benzene rings is 1. The standard InChI is InChI=1S/C10H12ClFO/c1-8-7-9(12)3-4-10(8)13-6-2-5-11/h3-4,7H,2,5-6H2,1H3. The Morgan fingerprint density at radius 1 is 1.46 bits per heavy atom. The fourth-order valence-electron chi connectivity index (χ4n) is 1.01. The van der Waals surface area contributed by atoms with Gasteiger partial charge in [0.05, 0.1) is 6.61 Å². The van der Waals surface area contributed by atoms with Crippen LogP contribution in [0.15, 0.2) is 18.2 Å². The molecule has 72 valence electrons. The van der Waals surface area contributed by atoms with Gasteiger partial charge in [-0.1, -0.05) is 0 Å². The molecule has 0 unspecified atom stereocenters. The van der Waals surface area contributed by atoms with Gasteiger partial charge in [-0.05, 0) is 37.1 Å². The molecule has 0 saturated carbocycles. The zero-order valence-electron chi connectivity index (χ0n) is 7.52. The summed E-state index contributed by atoms with van der Waals surface area (Å²) in [4.78, 5) is 0. The van der Waals surface area contributed by atoms with E-state index in [2.05, 4.69) is 0 Å². The fourth-order valence-corrected chi connectivity index (χ4v) is 1.12. The molecule has 0 N–H and O–H groups in total. The van der Waals surface area contributed by atoms with Crippen molar-refractivity contribution < 1.29 is 9.13 Å². The van der Waals surface area contributed by atoms with Crippen molar-refractivity contribution >= 4 is 11.6 Å². The molecule has 0 spiro atoms. The lowest BCUT2D eigenvalue weighted by molar-refractivity contribution is 0.315. The molecular weight excluding hydrogens is 191 g/mol. The Kier molecular flexibility index (Phi) is 4.03. The molecule has 1 nitrogen and oxygen atoms in total. The van der Waals surface area contributed by atoms with E-state index in [1.54, 1.807) is 6.07 Å². The molecule has 0 atom stereocenters. The van der Waals surface area contributed by atoms with Gasteiger partial charge in [0.25, 0.3) is 0 Å². The van der Waals surface area contributed by atoms with Crippen molar-refractivity contribution in [2.75, 3.05) is 12.5 Å². The van der Waals surface area contributed by atoms with Gasteiger partial charge in [0.15, 0.2) is 0 Å². The number of rotatable bonds is 4. The van der Waals surface area contributed by atoms with Gasteiger partial charge < -0.3 is 4.74 Å². The summed E-state index contributed by atoms with van der Waals surface area (Å²) in [7, 11) is 0. The van der Waals surface area contributed by atoms with Crippen LogP contribution in [0.2, 0.25) is 0 Å². The molecule has 1 rings (SSSR count). The van der Waals surface area contributed by atoms with Gasteiger partial charge in [-0.15, -0.1) is 11.6 Å². The third-order valence-electron chi connectivity index (χ3n) is 1.67. The molecule has 0 aromatic heterocycles. The highest BCUT2D eigenvalue weighted by molar-refractivity contribution is 6.17. The van der Waals surface area contributed by atoms with Crippen molar-refractivity contribution in [1.29, 1.82) is 0 Å². The average Bonchev–Trinajstić information content (AvgIpc) is 2.09. The number of alkyl halides is 1. The van der Waals surface area contributed by atoms with Gasteiger partial charge in [0, 0.05) is 5.88 Å². The molecule has 0 fully saturated rings. The van der Waals surface area contributed by atoms with Crippen LogP contribution < -0.4 is 4.74 Å². The molecule has 0 saturated heterocycles. The van der Waals surface area contributed by atoms with E-state index in [1.807, 2.05) is 6.92 Å². The van der Waals surface area contributed by atoms with Crippen LogP contribution in [0.5, 0.6) is 5.75 Å². The van der Waals surface area contributed by atoms with E-state index in [-0.39, 0.29) is 5.82 Å². The third-order valence-corrected chi connectivity index (χ3v) is 1.94. The summed E-state index contributed by atoms with van der Waals surface area (Å²) in [6.45, 7) is 2.40. The number of aryl methyl sites for hydroxylation is 1. The predicted molar refractivity (Wildman–Crippen MR) is 52.0 cm³/mol. The normalized spacial score (nSPS) is 10.1. The number of hydrogen-bond acceptors (Lipinski definition) is 1. The predicted octanol–water partition coefficient (Wildman–Crippen LogP) is 3.14. The number of halogens is 2. The summed E-state index contributed by atoms with van der Waals surface area (Å²) < 4.78 is 18.0. The molecule has 1 aromatic rings. The van der Waals surface area contributed by atoms with Gasteiger partial charge in [0.1, 0.15) is 11.6 Å². The first-order valence-electron chi connectivity index (χ1n) is 4.19. The molecule has 0 heterocycles. The fraction of sp³-hybridized carbons (Fsp3) is 0.400. The molecule has 13 heavy (non-hydrogen) atoms. The Balaban J connectivity index is 2.56. The van der Waals surface area contributed by atoms with Crippen LogP contribution in [0.25, 0.3) is 0 Å². The van der Waals surface area contributed by atoms with Crippen LogP contribution in [0.4, 0.5) is 4.39 Å². The number of hydrogen-bond donors (Lipinski definition) is 0. The highest BCUT2D eigenvalue weighted by Crippen LogP contribution is 2.18. The first-order valence-corrected chi connectivity index (χ1v) is 4.72. The molecule has 0 bridgehead atoms. The van der Waals surface area contributed by atoms with Crippen LogP contribution >= 0.6 is 11.6 Å². The van der Waals surface area contributed by atoms with Crippen molar-refractivity contribution in [3.05, 3.63) is 29.6 Å². The SMILES string of the molecule is Cc1cc(F)ccc1OCCCCl. The summed E-state index contributed by atoms with van der Waals surface area (Å²) in [5.41, 5.74) is 0.814. The highest BCUT2D eigenvalue weighted by atomic mass is 35.5. The lowest BCUT2D eigenvalue weighted by Crippen LogP contribution is -1.99. The second-order valence-electron chi connectivity index (χ2n) is 2.80. The molecular formula is C10H12ClFO. The largest absolute Gasteiger partial charge is 0.493 e. The first-order chi connectivity index (χ1) is 6.24. The monoisotopic (exact) mass is 202 g/mol. The zero-order chi connectivity index (χ0) is 9.68. The van der Waals surface area contributed by atoms with Crippen molar-refractivity contribution in [2.24, 2.45) is 0 Å². The molecule has 0 aliphatic carbocycles. The Bertz CT molecular complexity index is 276. The maximum absolute atomic E-state index is 12.7. The van der Waals surface area contributed by atoms with Gasteiger partial charge in [-0.25, -0.2) is 4.39 Å². The second-order valence-corrected chi connectivity index (χ2v) is 3.18.